The largest absolute Gasteiger partial charge is 0.471 e. The fourth-order valence-corrected chi connectivity index (χ4v) is 2.65. The average molecular weight is 317 g/mol. The van der Waals surface area contributed by atoms with Crippen LogP contribution in [0.3, 0.4) is 0 Å². The Bertz CT molecular complexity index is 537. The summed E-state index contributed by atoms with van der Waals surface area (Å²) < 4.78 is 38.9. The highest BCUT2D eigenvalue weighted by molar-refractivity contribution is 5.94. The number of hydrogen-bond donors (Lipinski definition) is 1. The van der Waals surface area contributed by atoms with Crippen molar-refractivity contribution in [3.63, 3.8) is 0 Å². The monoisotopic (exact) mass is 317 g/mol. The summed E-state index contributed by atoms with van der Waals surface area (Å²) in [6.07, 6.45) is -0.510. The molecule has 0 aliphatic heterocycles. The first-order valence-electron chi connectivity index (χ1n) is 7.54. The number of alkyl halides is 3. The second-order valence-electron chi connectivity index (χ2n) is 6.95. The van der Waals surface area contributed by atoms with Gasteiger partial charge in [0.15, 0.2) is 0 Å². The molecular weight excluding hydrogens is 295 g/mol. The molecule has 4 nitrogen and oxygen atoms in total. The molecule has 0 aromatic carbocycles. The number of anilines is 1. The second-order valence-corrected chi connectivity index (χ2v) is 6.95. The Balaban J connectivity index is 2.24. The van der Waals surface area contributed by atoms with Gasteiger partial charge in [0.1, 0.15) is 5.82 Å². The van der Waals surface area contributed by atoms with Gasteiger partial charge in [-0.15, -0.1) is 0 Å². The predicted molar refractivity (Wildman–Crippen MR) is 77.6 cm³/mol. The van der Waals surface area contributed by atoms with E-state index >= 15 is 0 Å². The number of hydrogen-bond acceptors (Lipinski definition) is 2. The number of amides is 1. The number of aromatic nitrogens is 2. The highest BCUT2D eigenvalue weighted by Crippen LogP contribution is 2.30. The molecule has 1 aromatic heterocycles. The standard InChI is InChI=1S/C15H22F3N3O/c1-14(2,3)11-8-12(19-13(22)15(16,17)18)21(20-11)9-10-6-4-5-7-10/h8,10H,4-7,9H2,1-3H3,(H,19,22). The second kappa shape index (κ2) is 5.93. The van der Waals surface area contributed by atoms with Crippen LogP contribution in [0.25, 0.3) is 0 Å². The van der Waals surface area contributed by atoms with E-state index in [1.54, 1.807) is 6.07 Å². The Morgan fingerprint density at radius 2 is 1.91 bits per heavy atom. The van der Waals surface area contributed by atoms with Crippen molar-refractivity contribution in [1.29, 1.82) is 0 Å². The summed E-state index contributed by atoms with van der Waals surface area (Å²) in [5, 5.41) is 6.37. The predicted octanol–water partition coefficient (Wildman–Crippen LogP) is 3.87. The molecule has 22 heavy (non-hydrogen) atoms. The van der Waals surface area contributed by atoms with E-state index in [0.717, 1.165) is 25.7 Å². The van der Waals surface area contributed by atoms with Gasteiger partial charge in [0.05, 0.1) is 5.69 Å². The molecule has 1 saturated carbocycles. The molecular formula is C15H22F3N3O. The van der Waals surface area contributed by atoms with Crippen molar-refractivity contribution in [2.45, 2.75) is 64.6 Å². The summed E-state index contributed by atoms with van der Waals surface area (Å²) in [7, 11) is 0. The van der Waals surface area contributed by atoms with Crippen LogP contribution in [0.4, 0.5) is 19.0 Å². The average Bonchev–Trinajstić information content (AvgIpc) is 2.98. The summed E-state index contributed by atoms with van der Waals surface area (Å²) in [5.74, 6) is -1.42. The van der Waals surface area contributed by atoms with E-state index < -0.39 is 12.1 Å². The van der Waals surface area contributed by atoms with Gasteiger partial charge < -0.3 is 5.32 Å². The molecule has 1 N–H and O–H groups in total. The zero-order chi connectivity index (χ0) is 16.5. The van der Waals surface area contributed by atoms with E-state index in [1.165, 1.54) is 4.68 Å². The van der Waals surface area contributed by atoms with Gasteiger partial charge in [-0.1, -0.05) is 33.6 Å². The van der Waals surface area contributed by atoms with Gasteiger partial charge in [-0.2, -0.15) is 18.3 Å². The Hall–Kier alpha value is -1.53. The molecule has 1 aromatic rings. The maximum atomic E-state index is 12.5. The van der Waals surface area contributed by atoms with E-state index in [2.05, 4.69) is 5.10 Å². The normalized spacial score (nSPS) is 17.0. The van der Waals surface area contributed by atoms with Crippen molar-refractivity contribution < 1.29 is 18.0 Å². The van der Waals surface area contributed by atoms with Gasteiger partial charge in [-0.3, -0.25) is 4.79 Å². The minimum absolute atomic E-state index is 0.124. The number of nitrogens with one attached hydrogen (secondary N) is 1. The molecule has 1 amide bonds. The van der Waals surface area contributed by atoms with Crippen LogP contribution < -0.4 is 5.32 Å². The number of rotatable bonds is 3. The minimum Gasteiger partial charge on any atom is -0.303 e. The van der Waals surface area contributed by atoms with Crippen LogP contribution >= 0.6 is 0 Å². The summed E-state index contributed by atoms with van der Waals surface area (Å²) in [5.41, 5.74) is 0.376. The first-order chi connectivity index (χ1) is 10.1. The zero-order valence-corrected chi connectivity index (χ0v) is 13.1. The van der Waals surface area contributed by atoms with Crippen molar-refractivity contribution in [1.82, 2.24) is 9.78 Å². The molecule has 0 spiro atoms. The highest BCUT2D eigenvalue weighted by Gasteiger charge is 2.39. The van der Waals surface area contributed by atoms with E-state index in [-0.39, 0.29) is 11.2 Å². The lowest BCUT2D eigenvalue weighted by Crippen LogP contribution is -2.31. The van der Waals surface area contributed by atoms with E-state index in [0.29, 0.717) is 18.2 Å². The molecule has 1 aliphatic carbocycles. The molecule has 0 saturated heterocycles. The third-order valence-electron chi connectivity index (χ3n) is 3.95. The van der Waals surface area contributed by atoms with Gasteiger partial charge in [0.2, 0.25) is 0 Å². The number of carbonyl (C=O) groups is 1. The van der Waals surface area contributed by atoms with Crippen LogP contribution in [0.15, 0.2) is 6.07 Å². The smallest absolute Gasteiger partial charge is 0.303 e. The summed E-state index contributed by atoms with van der Waals surface area (Å²) in [4.78, 5) is 11.2. The van der Waals surface area contributed by atoms with Crippen molar-refractivity contribution in [2.75, 3.05) is 5.32 Å². The topological polar surface area (TPSA) is 46.9 Å². The van der Waals surface area contributed by atoms with Crippen molar-refractivity contribution >= 4 is 11.7 Å². The lowest BCUT2D eigenvalue weighted by molar-refractivity contribution is -0.167. The molecule has 2 rings (SSSR count). The van der Waals surface area contributed by atoms with E-state index in [1.807, 2.05) is 26.1 Å². The zero-order valence-electron chi connectivity index (χ0n) is 13.1. The van der Waals surface area contributed by atoms with Crippen LogP contribution in [-0.4, -0.2) is 21.9 Å². The van der Waals surface area contributed by atoms with Gasteiger partial charge in [0, 0.05) is 18.0 Å². The van der Waals surface area contributed by atoms with Crippen LogP contribution in [0, 0.1) is 5.92 Å². The SMILES string of the molecule is CC(C)(C)c1cc(NC(=O)C(F)(F)F)n(CC2CCCC2)n1. The molecule has 0 atom stereocenters. The third kappa shape index (κ3) is 4.01. The first kappa shape index (κ1) is 16.8. The molecule has 1 aliphatic rings. The van der Waals surface area contributed by atoms with Crippen molar-refractivity contribution in [3.8, 4) is 0 Å². The Morgan fingerprint density at radius 3 is 2.41 bits per heavy atom. The fraction of sp³-hybridized carbons (Fsp3) is 0.733. The minimum atomic E-state index is -4.90. The summed E-state index contributed by atoms with van der Waals surface area (Å²) >= 11 is 0. The Labute approximate surface area is 128 Å². The van der Waals surface area contributed by atoms with Crippen molar-refractivity contribution in [2.24, 2.45) is 5.92 Å². The van der Waals surface area contributed by atoms with Gasteiger partial charge >= 0.3 is 12.1 Å². The molecule has 0 radical (unpaired) electrons. The lowest BCUT2D eigenvalue weighted by Gasteiger charge is -2.15. The van der Waals surface area contributed by atoms with Crippen LogP contribution in [-0.2, 0) is 16.8 Å². The maximum Gasteiger partial charge on any atom is 0.471 e. The lowest BCUT2D eigenvalue weighted by atomic mass is 9.92. The maximum absolute atomic E-state index is 12.5. The molecule has 1 heterocycles. The van der Waals surface area contributed by atoms with Gasteiger partial charge in [-0.25, -0.2) is 4.68 Å². The molecule has 124 valence electrons. The van der Waals surface area contributed by atoms with E-state index in [4.69, 9.17) is 0 Å². The number of nitrogens with zero attached hydrogens (tertiary/aromatic N) is 2. The molecule has 0 unspecified atom stereocenters. The van der Waals surface area contributed by atoms with Crippen LogP contribution in [0.5, 0.6) is 0 Å². The third-order valence-corrected chi connectivity index (χ3v) is 3.95. The quantitative estimate of drug-likeness (QED) is 0.920. The Morgan fingerprint density at radius 1 is 1.32 bits per heavy atom. The van der Waals surface area contributed by atoms with Gasteiger partial charge in [0.25, 0.3) is 0 Å². The molecule has 7 heteroatoms. The molecule has 0 bridgehead atoms. The van der Waals surface area contributed by atoms with Gasteiger partial charge in [-0.05, 0) is 18.8 Å². The first-order valence-corrected chi connectivity index (χ1v) is 7.54. The van der Waals surface area contributed by atoms with E-state index in [9.17, 15) is 18.0 Å². The molecule has 1 fully saturated rings. The van der Waals surface area contributed by atoms with Crippen LogP contribution in [0.1, 0.15) is 52.1 Å². The Kier molecular flexibility index (Phi) is 4.54. The summed E-state index contributed by atoms with van der Waals surface area (Å²) in [6.45, 7) is 6.35. The number of carbonyl (C=O) groups excluding carboxylic acids is 1. The highest BCUT2D eigenvalue weighted by atomic mass is 19.4. The van der Waals surface area contributed by atoms with Crippen molar-refractivity contribution in [3.05, 3.63) is 11.8 Å². The summed E-state index contributed by atoms with van der Waals surface area (Å²) in [6, 6.07) is 1.54. The fourth-order valence-electron chi connectivity index (χ4n) is 2.65. The number of halogens is 3. The van der Waals surface area contributed by atoms with Crippen LogP contribution in [0.2, 0.25) is 0 Å².